The zero-order valence-electron chi connectivity index (χ0n) is 14.7. The lowest BCUT2D eigenvalue weighted by Gasteiger charge is -2.33. The molecule has 1 fully saturated rings. The lowest BCUT2D eigenvalue weighted by Crippen LogP contribution is -2.40. The van der Waals surface area contributed by atoms with Crippen LogP contribution in [0.25, 0.3) is 0 Å². The van der Waals surface area contributed by atoms with Crippen molar-refractivity contribution in [1.82, 2.24) is 0 Å². The molecule has 0 aromatic heterocycles. The van der Waals surface area contributed by atoms with Gasteiger partial charge >= 0.3 is 0 Å². The number of phenols is 1. The number of carbonyl (C=O) groups is 1. The lowest BCUT2D eigenvalue weighted by atomic mass is 9.71. The number of ketones is 1. The molecule has 2 aliphatic carbocycles. The van der Waals surface area contributed by atoms with Crippen LogP contribution in [0.15, 0.2) is 42.7 Å². The van der Waals surface area contributed by atoms with Crippen molar-refractivity contribution in [2.45, 2.75) is 25.4 Å². The van der Waals surface area contributed by atoms with Crippen molar-refractivity contribution >= 4 is 5.78 Å². The van der Waals surface area contributed by atoms with Gasteiger partial charge in [-0.05, 0) is 36.1 Å². The van der Waals surface area contributed by atoms with Gasteiger partial charge < -0.3 is 19.7 Å². The predicted octanol–water partition coefficient (Wildman–Crippen LogP) is 2.79. The maximum absolute atomic E-state index is 13.2. The third-order valence-electron chi connectivity index (χ3n) is 5.84. The first-order chi connectivity index (χ1) is 11.9. The van der Waals surface area contributed by atoms with Gasteiger partial charge in [-0.1, -0.05) is 19.1 Å². The molecule has 2 aliphatic rings. The molecule has 2 N–H and O–H groups in total. The van der Waals surface area contributed by atoms with Crippen LogP contribution in [0.1, 0.15) is 24.8 Å². The van der Waals surface area contributed by atoms with E-state index in [2.05, 4.69) is 6.58 Å². The second kappa shape index (κ2) is 6.23. The van der Waals surface area contributed by atoms with Crippen LogP contribution in [0, 0.1) is 17.3 Å². The van der Waals surface area contributed by atoms with E-state index in [1.165, 1.54) is 14.2 Å². The zero-order valence-corrected chi connectivity index (χ0v) is 14.7. The van der Waals surface area contributed by atoms with Crippen molar-refractivity contribution in [3.63, 3.8) is 0 Å². The Kier molecular flexibility index (Phi) is 4.37. The van der Waals surface area contributed by atoms with Crippen LogP contribution in [0.4, 0.5) is 0 Å². The molecule has 0 aliphatic heterocycles. The second-order valence-electron chi connectivity index (χ2n) is 6.86. The molecule has 134 valence electrons. The maximum atomic E-state index is 13.2. The Balaban J connectivity index is 2.15. The Morgan fingerprint density at radius 3 is 2.60 bits per heavy atom. The van der Waals surface area contributed by atoms with Gasteiger partial charge in [0.25, 0.3) is 0 Å². The van der Waals surface area contributed by atoms with Crippen molar-refractivity contribution in [1.29, 1.82) is 0 Å². The Morgan fingerprint density at radius 1 is 1.28 bits per heavy atom. The monoisotopic (exact) mass is 344 g/mol. The van der Waals surface area contributed by atoms with E-state index in [9.17, 15) is 15.0 Å². The molecule has 2 bridgehead atoms. The molecule has 1 aromatic rings. The van der Waals surface area contributed by atoms with E-state index in [0.29, 0.717) is 17.9 Å². The normalized spacial score (nSPS) is 33.8. The summed E-state index contributed by atoms with van der Waals surface area (Å²) < 4.78 is 10.6. The average molecular weight is 344 g/mol. The minimum atomic E-state index is -0.981. The lowest BCUT2D eigenvalue weighted by molar-refractivity contribution is -0.132. The standard InChI is InChI=1S/C20H24O5/c1-5-8-20-10-15(25-4)18(22)17(19(20)23)16(11(20)2)12-6-7-13(21)14(9-12)24-3/h5-7,9-11,16-18,21-22H,1,8H2,2-4H3. The number of fused-ring (bicyclic) bond motifs is 2. The van der Waals surface area contributed by atoms with E-state index in [1.54, 1.807) is 30.4 Å². The SMILES string of the molecule is C=CCC12C=C(OC)C(O)C(C1=O)C(c1ccc(O)c(OC)c1)C2C. The number of ether oxygens (including phenoxy) is 2. The number of hydrogen-bond donors (Lipinski definition) is 2. The minimum absolute atomic E-state index is 0.0187. The summed E-state index contributed by atoms with van der Waals surface area (Å²) in [7, 11) is 2.99. The fourth-order valence-corrected chi connectivity index (χ4v) is 4.55. The number of aromatic hydroxyl groups is 1. The summed E-state index contributed by atoms with van der Waals surface area (Å²) >= 11 is 0. The van der Waals surface area contributed by atoms with Crippen molar-refractivity contribution in [2.24, 2.45) is 17.3 Å². The molecular weight excluding hydrogens is 320 g/mol. The Labute approximate surface area is 147 Å². The van der Waals surface area contributed by atoms with Gasteiger partial charge in [0.1, 0.15) is 17.6 Å². The number of Topliss-reactive ketones (excluding diaryl/α,β-unsaturated/α-hetero) is 1. The van der Waals surface area contributed by atoms with Crippen molar-refractivity contribution in [3.8, 4) is 11.5 Å². The minimum Gasteiger partial charge on any atom is -0.504 e. The highest BCUT2D eigenvalue weighted by molar-refractivity contribution is 5.95. The van der Waals surface area contributed by atoms with E-state index in [-0.39, 0.29) is 23.4 Å². The Morgan fingerprint density at radius 2 is 2.00 bits per heavy atom. The highest BCUT2D eigenvalue weighted by Crippen LogP contribution is 2.60. The molecule has 5 heteroatoms. The van der Waals surface area contributed by atoms with Crippen LogP contribution in [0.5, 0.6) is 11.5 Å². The fraction of sp³-hybridized carbons (Fsp3) is 0.450. The summed E-state index contributed by atoms with van der Waals surface area (Å²) in [6, 6.07) is 5.09. The first-order valence-electron chi connectivity index (χ1n) is 8.38. The molecule has 5 atom stereocenters. The van der Waals surface area contributed by atoms with Gasteiger partial charge in [0.2, 0.25) is 0 Å². The summed E-state index contributed by atoms with van der Waals surface area (Å²) in [5.41, 5.74) is 0.128. The quantitative estimate of drug-likeness (QED) is 0.803. The smallest absolute Gasteiger partial charge is 0.160 e. The van der Waals surface area contributed by atoms with Crippen LogP contribution < -0.4 is 4.74 Å². The topological polar surface area (TPSA) is 76.0 Å². The maximum Gasteiger partial charge on any atom is 0.160 e. The summed E-state index contributed by atoms with van der Waals surface area (Å²) in [6.07, 6.45) is 3.03. The van der Waals surface area contributed by atoms with Gasteiger partial charge in [-0.3, -0.25) is 4.79 Å². The van der Waals surface area contributed by atoms with E-state index in [1.807, 2.05) is 6.92 Å². The number of aliphatic hydroxyl groups is 1. The number of hydrogen-bond acceptors (Lipinski definition) is 5. The van der Waals surface area contributed by atoms with Crippen molar-refractivity contribution in [2.75, 3.05) is 14.2 Å². The van der Waals surface area contributed by atoms with Gasteiger partial charge in [0.15, 0.2) is 11.5 Å². The van der Waals surface area contributed by atoms with Gasteiger partial charge in [-0.25, -0.2) is 0 Å². The van der Waals surface area contributed by atoms with E-state index >= 15 is 0 Å². The average Bonchev–Trinajstić information content (AvgIpc) is 2.75. The van der Waals surface area contributed by atoms with Crippen molar-refractivity contribution in [3.05, 3.63) is 48.3 Å². The molecule has 5 nitrogen and oxygen atoms in total. The first-order valence-corrected chi connectivity index (χ1v) is 8.38. The molecular formula is C20H24O5. The molecule has 0 radical (unpaired) electrons. The van der Waals surface area contributed by atoms with Gasteiger partial charge in [-0.2, -0.15) is 0 Å². The molecule has 25 heavy (non-hydrogen) atoms. The number of phenolic OH excluding ortho intramolecular Hbond substituents is 1. The Hall–Kier alpha value is -2.27. The number of benzene rings is 1. The molecule has 3 rings (SSSR count). The fourth-order valence-electron chi connectivity index (χ4n) is 4.55. The number of aliphatic hydroxyl groups excluding tert-OH is 1. The molecule has 1 aromatic carbocycles. The van der Waals surface area contributed by atoms with Crippen LogP contribution in [-0.4, -0.2) is 36.3 Å². The summed E-state index contributed by atoms with van der Waals surface area (Å²) in [4.78, 5) is 13.2. The molecule has 1 saturated carbocycles. The van der Waals surface area contributed by atoms with Gasteiger partial charge in [0.05, 0.1) is 25.6 Å². The molecule has 0 spiro atoms. The molecule has 5 unspecified atom stereocenters. The van der Waals surface area contributed by atoms with Crippen LogP contribution >= 0.6 is 0 Å². The third-order valence-corrected chi connectivity index (χ3v) is 5.84. The van der Waals surface area contributed by atoms with Crippen LogP contribution in [0.3, 0.4) is 0 Å². The highest BCUT2D eigenvalue weighted by Gasteiger charge is 2.62. The number of allylic oxidation sites excluding steroid dienone is 2. The van der Waals surface area contributed by atoms with Gasteiger partial charge in [-0.15, -0.1) is 6.58 Å². The molecule has 0 amide bonds. The summed E-state index contributed by atoms with van der Waals surface area (Å²) in [5, 5.41) is 20.6. The largest absolute Gasteiger partial charge is 0.504 e. The van der Waals surface area contributed by atoms with Gasteiger partial charge in [0, 0.05) is 5.92 Å². The first kappa shape index (κ1) is 17.5. The van der Waals surface area contributed by atoms with E-state index in [4.69, 9.17) is 9.47 Å². The molecule has 0 heterocycles. The third kappa shape index (κ3) is 2.37. The van der Waals surface area contributed by atoms with Crippen LogP contribution in [-0.2, 0) is 9.53 Å². The summed E-state index contributed by atoms with van der Waals surface area (Å²) in [6.45, 7) is 5.83. The predicted molar refractivity (Wildman–Crippen MR) is 93.4 cm³/mol. The second-order valence-corrected chi connectivity index (χ2v) is 6.86. The van der Waals surface area contributed by atoms with Crippen LogP contribution in [0.2, 0.25) is 0 Å². The number of rotatable bonds is 5. The number of methoxy groups -OCH3 is 2. The highest BCUT2D eigenvalue weighted by atomic mass is 16.5. The molecule has 0 saturated heterocycles. The van der Waals surface area contributed by atoms with Crippen molar-refractivity contribution < 1.29 is 24.5 Å². The summed E-state index contributed by atoms with van der Waals surface area (Å²) in [5.74, 6) is -0.00429. The zero-order chi connectivity index (χ0) is 18.4. The Bertz CT molecular complexity index is 738. The number of carbonyl (C=O) groups excluding carboxylic acids is 1. The van der Waals surface area contributed by atoms with E-state index in [0.717, 1.165) is 5.56 Å². The van der Waals surface area contributed by atoms with E-state index < -0.39 is 17.4 Å².